The number of rotatable bonds is 2. The topological polar surface area (TPSA) is 46.0 Å². The van der Waals surface area contributed by atoms with Crippen LogP contribution in [0.3, 0.4) is 0 Å². The summed E-state index contributed by atoms with van der Waals surface area (Å²) < 4.78 is 0. The van der Waals surface area contributed by atoms with E-state index in [2.05, 4.69) is 9.97 Å². The third kappa shape index (κ3) is 1.77. The number of thiazole rings is 1. The molecule has 0 fully saturated rings. The van der Waals surface area contributed by atoms with Crippen LogP contribution >= 0.6 is 22.9 Å². The van der Waals surface area contributed by atoms with E-state index in [9.17, 15) is 0 Å². The first-order chi connectivity index (χ1) is 6.81. The lowest BCUT2D eigenvalue weighted by molar-refractivity contribution is 0.286. The van der Waals surface area contributed by atoms with Gasteiger partial charge >= 0.3 is 0 Å². The predicted molar refractivity (Wildman–Crippen MR) is 56.3 cm³/mol. The number of halogens is 1. The summed E-state index contributed by atoms with van der Waals surface area (Å²) in [4.78, 5) is 8.89. The molecule has 2 heterocycles. The third-order valence-corrected chi connectivity index (χ3v) is 2.81. The maximum atomic E-state index is 9.06. The minimum atomic E-state index is -0.0000576. The summed E-state index contributed by atoms with van der Waals surface area (Å²) in [5.41, 5.74) is 3.37. The first kappa shape index (κ1) is 9.58. The molecule has 14 heavy (non-hydrogen) atoms. The van der Waals surface area contributed by atoms with Gasteiger partial charge in [0.15, 0.2) is 0 Å². The van der Waals surface area contributed by atoms with Gasteiger partial charge in [-0.15, -0.1) is 11.3 Å². The molecule has 0 aliphatic heterocycles. The summed E-state index contributed by atoms with van der Waals surface area (Å²) in [6.07, 6.45) is 1.62. The number of hydrogen-bond acceptors (Lipinski definition) is 4. The molecule has 0 aliphatic carbocycles. The Morgan fingerprint density at radius 3 is 3.00 bits per heavy atom. The monoisotopic (exact) mass is 226 g/mol. The molecule has 0 spiro atoms. The van der Waals surface area contributed by atoms with E-state index in [0.29, 0.717) is 5.15 Å². The van der Waals surface area contributed by atoms with Gasteiger partial charge < -0.3 is 5.11 Å². The molecule has 0 bridgehead atoms. The van der Waals surface area contributed by atoms with Crippen LogP contribution in [0.4, 0.5) is 0 Å². The highest BCUT2D eigenvalue weighted by Gasteiger charge is 2.07. The molecule has 1 N–H and O–H groups in total. The molecule has 0 saturated heterocycles. The normalized spacial score (nSPS) is 10.4. The van der Waals surface area contributed by atoms with Gasteiger partial charge in [-0.2, -0.15) is 0 Å². The largest absolute Gasteiger partial charge is 0.391 e. The van der Waals surface area contributed by atoms with E-state index in [-0.39, 0.29) is 6.61 Å². The van der Waals surface area contributed by atoms with Crippen molar-refractivity contribution in [2.45, 2.75) is 6.61 Å². The van der Waals surface area contributed by atoms with E-state index >= 15 is 0 Å². The Morgan fingerprint density at radius 2 is 2.29 bits per heavy atom. The molecule has 0 radical (unpaired) electrons. The summed E-state index contributed by atoms with van der Waals surface area (Å²) in [6.45, 7) is -0.0000576. The van der Waals surface area contributed by atoms with Crippen molar-refractivity contribution in [2.75, 3.05) is 0 Å². The second-order valence-electron chi connectivity index (χ2n) is 2.65. The molecule has 2 rings (SSSR count). The standard InChI is InChI=1S/C9H7ClN2OS/c10-8-3-6(1-2-11-8)9-7(4-13)14-5-12-9/h1-3,5,13H,4H2. The number of nitrogens with zero attached hydrogens (tertiary/aromatic N) is 2. The lowest BCUT2D eigenvalue weighted by Gasteiger charge is -1.99. The molecule has 0 unspecified atom stereocenters. The second-order valence-corrected chi connectivity index (χ2v) is 3.98. The number of aliphatic hydroxyl groups excluding tert-OH is 1. The van der Waals surface area contributed by atoms with Crippen molar-refractivity contribution in [3.63, 3.8) is 0 Å². The van der Waals surface area contributed by atoms with E-state index in [1.165, 1.54) is 11.3 Å². The van der Waals surface area contributed by atoms with E-state index in [4.69, 9.17) is 16.7 Å². The van der Waals surface area contributed by atoms with Crippen LogP contribution < -0.4 is 0 Å². The van der Waals surface area contributed by atoms with Crippen LogP contribution in [0, 0.1) is 0 Å². The number of aromatic nitrogens is 2. The van der Waals surface area contributed by atoms with Crippen LogP contribution in [0.5, 0.6) is 0 Å². The van der Waals surface area contributed by atoms with Crippen molar-refractivity contribution < 1.29 is 5.11 Å². The van der Waals surface area contributed by atoms with Gasteiger partial charge in [0, 0.05) is 11.8 Å². The van der Waals surface area contributed by atoms with Crippen LogP contribution in [-0.4, -0.2) is 15.1 Å². The Bertz CT molecular complexity index is 444. The Morgan fingerprint density at radius 1 is 1.43 bits per heavy atom. The van der Waals surface area contributed by atoms with Crippen LogP contribution in [0.25, 0.3) is 11.3 Å². The predicted octanol–water partition coefficient (Wildman–Crippen LogP) is 2.35. The van der Waals surface area contributed by atoms with Crippen LogP contribution in [0.2, 0.25) is 5.15 Å². The van der Waals surface area contributed by atoms with Gasteiger partial charge in [-0.3, -0.25) is 0 Å². The maximum Gasteiger partial charge on any atom is 0.129 e. The summed E-state index contributed by atoms with van der Waals surface area (Å²) in [5.74, 6) is 0. The molecule has 0 aliphatic rings. The fraction of sp³-hybridized carbons (Fsp3) is 0.111. The number of hydrogen-bond donors (Lipinski definition) is 1. The minimum Gasteiger partial charge on any atom is -0.391 e. The molecule has 0 saturated carbocycles. The summed E-state index contributed by atoms with van der Waals surface area (Å²) in [7, 11) is 0. The highest BCUT2D eigenvalue weighted by Crippen LogP contribution is 2.26. The average molecular weight is 227 g/mol. The zero-order valence-electron chi connectivity index (χ0n) is 7.14. The van der Waals surface area contributed by atoms with Gasteiger partial charge in [-0.25, -0.2) is 9.97 Å². The number of aliphatic hydroxyl groups is 1. The molecule has 0 amide bonds. The van der Waals surface area contributed by atoms with E-state index in [0.717, 1.165) is 16.1 Å². The Labute approximate surface area is 90.0 Å². The van der Waals surface area contributed by atoms with Crippen molar-refractivity contribution >= 4 is 22.9 Å². The van der Waals surface area contributed by atoms with Gasteiger partial charge in [-0.1, -0.05) is 11.6 Å². The fourth-order valence-corrected chi connectivity index (χ4v) is 1.98. The second kappa shape index (κ2) is 4.04. The Balaban J connectivity index is 2.49. The maximum absolute atomic E-state index is 9.06. The van der Waals surface area contributed by atoms with Crippen molar-refractivity contribution in [3.8, 4) is 11.3 Å². The smallest absolute Gasteiger partial charge is 0.129 e. The van der Waals surface area contributed by atoms with E-state index in [1.807, 2.05) is 6.07 Å². The lowest BCUT2D eigenvalue weighted by Crippen LogP contribution is -1.85. The quantitative estimate of drug-likeness (QED) is 0.800. The zero-order valence-corrected chi connectivity index (χ0v) is 8.72. The van der Waals surface area contributed by atoms with Gasteiger partial charge in [0.25, 0.3) is 0 Å². The van der Waals surface area contributed by atoms with Gasteiger partial charge in [-0.05, 0) is 12.1 Å². The first-order valence-corrected chi connectivity index (χ1v) is 5.22. The molecule has 3 nitrogen and oxygen atoms in total. The first-order valence-electron chi connectivity index (χ1n) is 3.96. The lowest BCUT2D eigenvalue weighted by atomic mass is 10.2. The van der Waals surface area contributed by atoms with Crippen molar-refractivity contribution in [1.29, 1.82) is 0 Å². The van der Waals surface area contributed by atoms with Crippen molar-refractivity contribution in [3.05, 3.63) is 33.9 Å². The average Bonchev–Trinajstić information content (AvgIpc) is 2.65. The SMILES string of the molecule is OCc1scnc1-c1ccnc(Cl)c1. The Kier molecular flexibility index (Phi) is 2.77. The van der Waals surface area contributed by atoms with Crippen molar-refractivity contribution in [2.24, 2.45) is 0 Å². The molecule has 2 aromatic heterocycles. The molecule has 2 aromatic rings. The summed E-state index contributed by atoms with van der Waals surface area (Å²) >= 11 is 7.18. The Hall–Kier alpha value is -0.970. The summed E-state index contributed by atoms with van der Waals surface area (Å²) in [5, 5.41) is 9.49. The van der Waals surface area contributed by atoms with Gasteiger partial charge in [0.2, 0.25) is 0 Å². The minimum absolute atomic E-state index is 0.0000576. The van der Waals surface area contributed by atoms with Crippen LogP contribution in [0.15, 0.2) is 23.8 Å². The molecular weight excluding hydrogens is 220 g/mol. The zero-order chi connectivity index (χ0) is 9.97. The van der Waals surface area contributed by atoms with Crippen LogP contribution in [-0.2, 0) is 6.61 Å². The summed E-state index contributed by atoms with van der Waals surface area (Å²) in [6, 6.07) is 3.55. The molecular formula is C9H7ClN2OS. The van der Waals surface area contributed by atoms with Gasteiger partial charge in [0.05, 0.1) is 22.7 Å². The van der Waals surface area contributed by atoms with E-state index in [1.54, 1.807) is 17.8 Å². The number of pyridine rings is 1. The molecule has 0 atom stereocenters. The molecule has 5 heteroatoms. The molecule has 72 valence electrons. The highest BCUT2D eigenvalue weighted by molar-refractivity contribution is 7.10. The fourth-order valence-electron chi connectivity index (χ4n) is 1.17. The van der Waals surface area contributed by atoms with E-state index < -0.39 is 0 Å². The molecule has 0 aromatic carbocycles. The van der Waals surface area contributed by atoms with Gasteiger partial charge in [0.1, 0.15) is 5.15 Å². The van der Waals surface area contributed by atoms with Crippen LogP contribution in [0.1, 0.15) is 4.88 Å². The third-order valence-electron chi connectivity index (χ3n) is 1.78. The highest BCUT2D eigenvalue weighted by atomic mass is 35.5. The van der Waals surface area contributed by atoms with Crippen molar-refractivity contribution in [1.82, 2.24) is 9.97 Å².